The van der Waals surface area contributed by atoms with Crippen LogP contribution in [0.2, 0.25) is 0 Å². The molecule has 1 amide bonds. The van der Waals surface area contributed by atoms with Crippen molar-refractivity contribution in [3.8, 4) is 17.6 Å². The first-order chi connectivity index (χ1) is 14.2. The van der Waals surface area contributed by atoms with Crippen molar-refractivity contribution in [1.29, 1.82) is 5.26 Å². The summed E-state index contributed by atoms with van der Waals surface area (Å²) >= 11 is 0. The molecule has 0 saturated carbocycles. The number of rotatable bonds is 8. The van der Waals surface area contributed by atoms with Crippen molar-refractivity contribution in [1.82, 2.24) is 15.3 Å². The lowest BCUT2D eigenvalue weighted by Gasteiger charge is -2.09. The van der Waals surface area contributed by atoms with Crippen molar-refractivity contribution < 1.29 is 14.3 Å². The molecule has 0 unspecified atom stereocenters. The Morgan fingerprint density at radius 1 is 1.10 bits per heavy atom. The van der Waals surface area contributed by atoms with Gasteiger partial charge in [0.15, 0.2) is 0 Å². The lowest BCUT2D eigenvalue weighted by molar-refractivity contribution is 0.0941. The Kier molecular flexibility index (Phi) is 6.58. The molecule has 0 saturated heterocycles. The van der Waals surface area contributed by atoms with Crippen LogP contribution >= 0.6 is 0 Å². The number of benzene rings is 2. The van der Waals surface area contributed by atoms with Gasteiger partial charge in [-0.2, -0.15) is 5.26 Å². The Hall–Kier alpha value is -4.12. The Bertz CT molecular complexity index is 998. The van der Waals surface area contributed by atoms with Crippen LogP contribution in [0.4, 0.5) is 11.5 Å². The molecule has 0 atom stereocenters. The first-order valence-electron chi connectivity index (χ1n) is 8.82. The van der Waals surface area contributed by atoms with Gasteiger partial charge in [0, 0.05) is 5.69 Å². The van der Waals surface area contributed by atoms with Gasteiger partial charge in [0.2, 0.25) is 0 Å². The molecule has 2 N–H and O–H groups in total. The highest BCUT2D eigenvalue weighted by Crippen LogP contribution is 2.17. The number of hydrogen-bond acceptors (Lipinski definition) is 7. The third-order valence-corrected chi connectivity index (χ3v) is 3.86. The van der Waals surface area contributed by atoms with E-state index in [1.54, 1.807) is 49.6 Å². The van der Waals surface area contributed by atoms with Crippen LogP contribution < -0.4 is 20.1 Å². The second-order valence-electron chi connectivity index (χ2n) is 5.88. The zero-order valence-corrected chi connectivity index (χ0v) is 15.8. The van der Waals surface area contributed by atoms with Gasteiger partial charge in [-0.25, -0.2) is 9.97 Å². The number of carbonyl (C=O) groups excluding carboxylic acids is 1. The predicted octanol–water partition coefficient (Wildman–Crippen LogP) is 2.91. The maximum Gasteiger partial charge on any atom is 0.271 e. The van der Waals surface area contributed by atoms with Crippen molar-refractivity contribution in [2.24, 2.45) is 0 Å². The van der Waals surface area contributed by atoms with Crippen LogP contribution in [0.15, 0.2) is 60.9 Å². The molecule has 8 heteroatoms. The van der Waals surface area contributed by atoms with E-state index in [0.717, 1.165) is 5.75 Å². The topological polar surface area (TPSA) is 109 Å². The lowest BCUT2D eigenvalue weighted by atomic mass is 10.2. The summed E-state index contributed by atoms with van der Waals surface area (Å²) in [6.07, 6.45) is 2.85. The average Bonchev–Trinajstić information content (AvgIpc) is 2.77. The lowest BCUT2D eigenvalue weighted by Crippen LogP contribution is -2.28. The van der Waals surface area contributed by atoms with E-state index in [-0.39, 0.29) is 11.6 Å². The maximum atomic E-state index is 12.2. The number of aromatic nitrogens is 2. The molecule has 146 valence electrons. The zero-order chi connectivity index (χ0) is 20.5. The summed E-state index contributed by atoms with van der Waals surface area (Å²) in [4.78, 5) is 20.4. The maximum absolute atomic E-state index is 12.2. The normalized spacial score (nSPS) is 9.93. The van der Waals surface area contributed by atoms with Crippen molar-refractivity contribution >= 4 is 17.4 Å². The Balaban J connectivity index is 1.46. The fourth-order valence-corrected chi connectivity index (χ4v) is 2.42. The highest BCUT2D eigenvalue weighted by Gasteiger charge is 2.08. The molecule has 0 fully saturated rings. The zero-order valence-electron chi connectivity index (χ0n) is 15.8. The van der Waals surface area contributed by atoms with Gasteiger partial charge < -0.3 is 20.1 Å². The van der Waals surface area contributed by atoms with Crippen LogP contribution in [0.1, 0.15) is 16.1 Å². The molecular weight excluding hydrogens is 370 g/mol. The summed E-state index contributed by atoms with van der Waals surface area (Å²) in [6, 6.07) is 16.3. The minimum atomic E-state index is -0.339. The quantitative estimate of drug-likeness (QED) is 0.570. The Labute approximate surface area is 168 Å². The molecule has 0 aliphatic rings. The summed E-state index contributed by atoms with van der Waals surface area (Å²) in [5.41, 5.74) is 1.45. The SMILES string of the molecule is COc1ccc(OCCNC(=O)c2cnc(Nc3cccc(C#N)c3)cn2)cc1. The van der Waals surface area contributed by atoms with E-state index < -0.39 is 0 Å². The molecular formula is C21H19N5O3. The van der Waals surface area contributed by atoms with Gasteiger partial charge in [-0.1, -0.05) is 6.07 Å². The number of carbonyl (C=O) groups is 1. The number of anilines is 2. The van der Waals surface area contributed by atoms with Gasteiger partial charge >= 0.3 is 0 Å². The number of ether oxygens (including phenoxy) is 2. The second kappa shape index (κ2) is 9.71. The number of hydrogen-bond donors (Lipinski definition) is 2. The van der Waals surface area contributed by atoms with Crippen LogP contribution in [0.25, 0.3) is 0 Å². The van der Waals surface area contributed by atoms with Gasteiger partial charge in [0.05, 0.1) is 37.7 Å². The summed E-state index contributed by atoms with van der Waals surface area (Å²) in [5.74, 6) is 1.57. The summed E-state index contributed by atoms with van der Waals surface area (Å²) in [7, 11) is 1.60. The van der Waals surface area contributed by atoms with E-state index in [1.807, 2.05) is 6.07 Å². The fourth-order valence-electron chi connectivity index (χ4n) is 2.42. The number of nitrogens with zero attached hydrogens (tertiary/aromatic N) is 3. The summed E-state index contributed by atoms with van der Waals surface area (Å²) in [6.45, 7) is 0.647. The standard InChI is InChI=1S/C21H19N5O3/c1-28-17-5-7-18(8-6-17)29-10-9-23-21(27)19-13-25-20(14-24-19)26-16-4-2-3-15(11-16)12-22/h2-8,11,13-14H,9-10H2,1H3,(H,23,27)(H,25,26). The number of amides is 1. The molecule has 0 aliphatic heterocycles. The third kappa shape index (κ3) is 5.68. The minimum absolute atomic E-state index is 0.200. The molecule has 3 aromatic rings. The number of nitriles is 1. The molecule has 0 radical (unpaired) electrons. The molecule has 0 spiro atoms. The fraction of sp³-hybridized carbons (Fsp3) is 0.143. The van der Waals surface area contributed by atoms with Crippen molar-refractivity contribution in [2.45, 2.75) is 0 Å². The Morgan fingerprint density at radius 3 is 2.59 bits per heavy atom. The first kappa shape index (κ1) is 19.6. The molecule has 1 heterocycles. The van der Waals surface area contributed by atoms with Crippen molar-refractivity contribution in [2.75, 3.05) is 25.6 Å². The smallest absolute Gasteiger partial charge is 0.271 e. The van der Waals surface area contributed by atoms with Gasteiger partial charge in [-0.15, -0.1) is 0 Å². The summed E-state index contributed by atoms with van der Waals surface area (Å²) < 4.78 is 10.6. The van der Waals surface area contributed by atoms with Gasteiger partial charge in [-0.3, -0.25) is 4.79 Å². The van der Waals surface area contributed by atoms with Crippen molar-refractivity contribution in [3.05, 3.63) is 72.2 Å². The first-order valence-corrected chi connectivity index (χ1v) is 8.82. The Morgan fingerprint density at radius 2 is 1.90 bits per heavy atom. The highest BCUT2D eigenvalue weighted by atomic mass is 16.5. The van der Waals surface area contributed by atoms with Crippen LogP contribution in [0, 0.1) is 11.3 Å². The van der Waals surface area contributed by atoms with Gasteiger partial charge in [0.25, 0.3) is 5.91 Å². The molecule has 0 aliphatic carbocycles. The highest BCUT2D eigenvalue weighted by molar-refractivity contribution is 5.92. The molecule has 2 aromatic carbocycles. The second-order valence-corrected chi connectivity index (χ2v) is 5.88. The van der Waals surface area contributed by atoms with E-state index in [2.05, 4.69) is 26.7 Å². The van der Waals surface area contributed by atoms with E-state index in [9.17, 15) is 4.79 Å². The number of nitrogens with one attached hydrogen (secondary N) is 2. The molecule has 1 aromatic heterocycles. The molecule has 3 rings (SSSR count). The molecule has 29 heavy (non-hydrogen) atoms. The van der Waals surface area contributed by atoms with Crippen LogP contribution in [0.5, 0.6) is 11.5 Å². The molecule has 0 bridgehead atoms. The predicted molar refractivity (Wildman–Crippen MR) is 107 cm³/mol. The van der Waals surface area contributed by atoms with E-state index >= 15 is 0 Å². The van der Waals surface area contributed by atoms with Crippen LogP contribution in [-0.2, 0) is 0 Å². The largest absolute Gasteiger partial charge is 0.497 e. The van der Waals surface area contributed by atoms with E-state index in [0.29, 0.717) is 36.0 Å². The van der Waals surface area contributed by atoms with Crippen LogP contribution in [-0.4, -0.2) is 36.1 Å². The molecule has 8 nitrogen and oxygen atoms in total. The van der Waals surface area contributed by atoms with Crippen molar-refractivity contribution in [3.63, 3.8) is 0 Å². The van der Waals surface area contributed by atoms with E-state index in [4.69, 9.17) is 14.7 Å². The minimum Gasteiger partial charge on any atom is -0.497 e. The van der Waals surface area contributed by atoms with E-state index in [1.165, 1.54) is 12.4 Å². The van der Waals surface area contributed by atoms with Gasteiger partial charge in [0.1, 0.15) is 29.6 Å². The average molecular weight is 389 g/mol. The van der Waals surface area contributed by atoms with Gasteiger partial charge in [-0.05, 0) is 42.5 Å². The van der Waals surface area contributed by atoms with Crippen LogP contribution in [0.3, 0.4) is 0 Å². The third-order valence-electron chi connectivity index (χ3n) is 3.86. The monoisotopic (exact) mass is 389 g/mol. The summed E-state index contributed by atoms with van der Waals surface area (Å²) in [5, 5.41) is 14.7. The number of methoxy groups -OCH3 is 1.